The van der Waals surface area contributed by atoms with Gasteiger partial charge in [-0.1, -0.05) is 32.4 Å². The third-order valence-corrected chi connectivity index (χ3v) is 3.12. The molecule has 1 rings (SSSR count). The minimum Gasteiger partial charge on any atom is -0.383 e. The highest BCUT2D eigenvalue weighted by Crippen LogP contribution is 2.18. The van der Waals surface area contributed by atoms with Gasteiger partial charge in [0, 0.05) is 19.2 Å². The summed E-state index contributed by atoms with van der Waals surface area (Å²) in [6.45, 7) is 5.02. The van der Waals surface area contributed by atoms with Gasteiger partial charge in [0.2, 0.25) is 0 Å². The molecule has 2 nitrogen and oxygen atoms in total. The first-order valence-electron chi connectivity index (χ1n) is 6.71. The third-order valence-electron chi connectivity index (χ3n) is 3.12. The molecule has 0 spiro atoms. The molecule has 2 unspecified atom stereocenters. The van der Waals surface area contributed by atoms with Crippen LogP contribution >= 0.6 is 0 Å². The lowest BCUT2D eigenvalue weighted by Gasteiger charge is -2.24. The lowest BCUT2D eigenvalue weighted by molar-refractivity contribution is 0.155. The predicted molar refractivity (Wildman–Crippen MR) is 73.1 cm³/mol. The van der Waals surface area contributed by atoms with Crippen molar-refractivity contribution in [2.75, 3.05) is 13.7 Å². The van der Waals surface area contributed by atoms with Crippen LogP contribution in [0.15, 0.2) is 24.3 Å². The maximum atomic E-state index is 12.9. The molecule has 1 aromatic rings. The minimum atomic E-state index is -0.185. The predicted octanol–water partition coefficient (Wildman–Crippen LogP) is 3.68. The Balaban J connectivity index is 2.67. The molecule has 0 aromatic heterocycles. The van der Waals surface area contributed by atoms with Gasteiger partial charge in [-0.25, -0.2) is 4.39 Å². The molecule has 1 N–H and O–H groups in total. The van der Waals surface area contributed by atoms with Gasteiger partial charge in [0.1, 0.15) is 5.82 Å². The molecular formula is C15H24FNO. The second kappa shape index (κ2) is 8.22. The van der Waals surface area contributed by atoms with Gasteiger partial charge >= 0.3 is 0 Å². The molecule has 0 saturated heterocycles. The standard InChI is InChI=1S/C15H24FNO/c1-4-6-14(11-18-3)17-15(5-2)12-7-9-13(16)10-8-12/h7-10,14-15,17H,4-6,11H2,1-3H3. The Hall–Kier alpha value is -0.930. The van der Waals surface area contributed by atoms with Crippen LogP contribution in [0.2, 0.25) is 0 Å². The fourth-order valence-corrected chi connectivity index (χ4v) is 2.19. The van der Waals surface area contributed by atoms with Gasteiger partial charge in [-0.15, -0.1) is 0 Å². The van der Waals surface area contributed by atoms with E-state index in [4.69, 9.17) is 4.74 Å². The molecule has 0 saturated carbocycles. The summed E-state index contributed by atoms with van der Waals surface area (Å²) in [5, 5.41) is 3.59. The molecule has 2 atom stereocenters. The highest BCUT2D eigenvalue weighted by Gasteiger charge is 2.15. The van der Waals surface area contributed by atoms with Crippen molar-refractivity contribution < 1.29 is 9.13 Å². The second-order valence-electron chi connectivity index (χ2n) is 4.62. The van der Waals surface area contributed by atoms with Crippen molar-refractivity contribution in [3.05, 3.63) is 35.6 Å². The fraction of sp³-hybridized carbons (Fsp3) is 0.600. The van der Waals surface area contributed by atoms with Crippen LogP contribution in [0.4, 0.5) is 4.39 Å². The first-order valence-corrected chi connectivity index (χ1v) is 6.71. The van der Waals surface area contributed by atoms with E-state index in [1.807, 2.05) is 12.1 Å². The fourth-order valence-electron chi connectivity index (χ4n) is 2.19. The number of benzene rings is 1. The zero-order chi connectivity index (χ0) is 13.4. The van der Waals surface area contributed by atoms with Crippen molar-refractivity contribution in [1.82, 2.24) is 5.32 Å². The summed E-state index contributed by atoms with van der Waals surface area (Å²) < 4.78 is 18.2. The van der Waals surface area contributed by atoms with E-state index in [0.717, 1.165) is 24.8 Å². The van der Waals surface area contributed by atoms with E-state index in [1.54, 1.807) is 7.11 Å². The van der Waals surface area contributed by atoms with Crippen LogP contribution in [-0.4, -0.2) is 19.8 Å². The zero-order valence-corrected chi connectivity index (χ0v) is 11.6. The van der Waals surface area contributed by atoms with Crippen molar-refractivity contribution >= 4 is 0 Å². The summed E-state index contributed by atoms with van der Waals surface area (Å²) in [5.74, 6) is -0.185. The zero-order valence-electron chi connectivity index (χ0n) is 11.6. The highest BCUT2D eigenvalue weighted by molar-refractivity contribution is 5.19. The van der Waals surface area contributed by atoms with Gasteiger partial charge in [0.05, 0.1) is 6.61 Å². The van der Waals surface area contributed by atoms with Crippen LogP contribution in [-0.2, 0) is 4.74 Å². The van der Waals surface area contributed by atoms with E-state index in [1.165, 1.54) is 12.1 Å². The summed E-state index contributed by atoms with van der Waals surface area (Å²) in [5.41, 5.74) is 1.14. The summed E-state index contributed by atoms with van der Waals surface area (Å²) in [4.78, 5) is 0. The summed E-state index contributed by atoms with van der Waals surface area (Å²) in [7, 11) is 1.73. The highest BCUT2D eigenvalue weighted by atomic mass is 19.1. The van der Waals surface area contributed by atoms with Crippen molar-refractivity contribution in [3.8, 4) is 0 Å². The molecule has 0 aliphatic heterocycles. The van der Waals surface area contributed by atoms with Crippen LogP contribution in [0.3, 0.4) is 0 Å². The molecule has 0 aliphatic rings. The van der Waals surface area contributed by atoms with Crippen LogP contribution in [0, 0.1) is 5.82 Å². The monoisotopic (exact) mass is 253 g/mol. The number of hydrogen-bond acceptors (Lipinski definition) is 2. The number of nitrogens with one attached hydrogen (secondary N) is 1. The molecule has 3 heteroatoms. The molecule has 0 heterocycles. The van der Waals surface area contributed by atoms with E-state index in [9.17, 15) is 4.39 Å². The second-order valence-corrected chi connectivity index (χ2v) is 4.62. The lowest BCUT2D eigenvalue weighted by atomic mass is 10.0. The molecule has 0 aliphatic carbocycles. The van der Waals surface area contributed by atoms with Crippen LogP contribution in [0.5, 0.6) is 0 Å². The molecule has 0 fully saturated rings. The van der Waals surface area contributed by atoms with Crippen LogP contribution in [0.25, 0.3) is 0 Å². The average molecular weight is 253 g/mol. The number of methoxy groups -OCH3 is 1. The largest absolute Gasteiger partial charge is 0.383 e. The SMILES string of the molecule is CCCC(COC)NC(CC)c1ccc(F)cc1. The number of hydrogen-bond donors (Lipinski definition) is 1. The molecule has 0 radical (unpaired) electrons. The van der Waals surface area contributed by atoms with E-state index < -0.39 is 0 Å². The van der Waals surface area contributed by atoms with Crippen LogP contribution < -0.4 is 5.32 Å². The van der Waals surface area contributed by atoms with Gasteiger partial charge < -0.3 is 10.1 Å². The van der Waals surface area contributed by atoms with Crippen molar-refractivity contribution in [3.63, 3.8) is 0 Å². The Kier molecular flexibility index (Phi) is 6.91. The topological polar surface area (TPSA) is 21.3 Å². The van der Waals surface area contributed by atoms with Gasteiger partial charge in [-0.2, -0.15) is 0 Å². The van der Waals surface area contributed by atoms with Crippen molar-refractivity contribution in [2.24, 2.45) is 0 Å². The first kappa shape index (κ1) is 15.1. The van der Waals surface area contributed by atoms with Gasteiger partial charge in [0.25, 0.3) is 0 Å². The Morgan fingerprint density at radius 1 is 1.22 bits per heavy atom. The summed E-state index contributed by atoms with van der Waals surface area (Å²) in [6, 6.07) is 7.36. The maximum absolute atomic E-state index is 12.9. The average Bonchev–Trinajstić information content (AvgIpc) is 2.37. The molecule has 102 valence electrons. The lowest BCUT2D eigenvalue weighted by Crippen LogP contribution is -2.36. The molecule has 0 bridgehead atoms. The Morgan fingerprint density at radius 2 is 1.89 bits per heavy atom. The number of ether oxygens (including phenoxy) is 1. The van der Waals surface area contributed by atoms with E-state index >= 15 is 0 Å². The third kappa shape index (κ3) is 4.75. The van der Waals surface area contributed by atoms with E-state index in [2.05, 4.69) is 19.2 Å². The molecule has 0 amide bonds. The normalized spacial score (nSPS) is 14.4. The number of rotatable bonds is 8. The molecule has 18 heavy (non-hydrogen) atoms. The first-order chi connectivity index (χ1) is 8.71. The smallest absolute Gasteiger partial charge is 0.123 e. The number of halogens is 1. The maximum Gasteiger partial charge on any atom is 0.123 e. The van der Waals surface area contributed by atoms with Crippen LogP contribution in [0.1, 0.15) is 44.7 Å². The Morgan fingerprint density at radius 3 is 2.39 bits per heavy atom. The van der Waals surface area contributed by atoms with Gasteiger partial charge in [0.15, 0.2) is 0 Å². The summed E-state index contributed by atoms with van der Waals surface area (Å²) in [6.07, 6.45) is 3.20. The van der Waals surface area contributed by atoms with Crippen molar-refractivity contribution in [1.29, 1.82) is 0 Å². The van der Waals surface area contributed by atoms with E-state index in [0.29, 0.717) is 12.6 Å². The van der Waals surface area contributed by atoms with Crippen molar-refractivity contribution in [2.45, 2.75) is 45.2 Å². The quantitative estimate of drug-likeness (QED) is 0.763. The minimum absolute atomic E-state index is 0.185. The Bertz CT molecular complexity index is 320. The summed E-state index contributed by atoms with van der Waals surface area (Å²) >= 11 is 0. The van der Waals surface area contributed by atoms with E-state index in [-0.39, 0.29) is 11.9 Å². The van der Waals surface area contributed by atoms with Gasteiger partial charge in [-0.05, 0) is 30.5 Å². The van der Waals surface area contributed by atoms with Gasteiger partial charge in [-0.3, -0.25) is 0 Å². The Labute approximate surface area is 110 Å². The molecule has 1 aromatic carbocycles. The molecular weight excluding hydrogens is 229 g/mol.